The molecule has 0 unspecified atom stereocenters. The van der Waals surface area contributed by atoms with E-state index < -0.39 is 18.1 Å². The van der Waals surface area contributed by atoms with Crippen LogP contribution < -0.4 is 0 Å². The van der Waals surface area contributed by atoms with Crippen LogP contribution in [0.1, 0.15) is 0 Å². The molecule has 7 heavy (non-hydrogen) atoms. The Bertz CT molecular complexity index is 27.2. The van der Waals surface area contributed by atoms with Crippen LogP contribution in [0.3, 0.4) is 0 Å². The van der Waals surface area contributed by atoms with Crippen LogP contribution in [0.4, 0.5) is 0 Å². The molecular formula is H4HfO4TiZr. The van der Waals surface area contributed by atoms with Gasteiger partial charge < -0.3 is 0 Å². The maximum atomic E-state index is 7.38. The molecule has 0 saturated heterocycles. The van der Waals surface area contributed by atoms with Crippen molar-refractivity contribution in [1.29, 1.82) is 0 Å². The molecule has 4 nitrogen and oxygen atoms in total. The molecule has 0 aromatic heterocycles. The monoisotopic (exact) mass is 386 g/mol. The molecule has 0 radical (unpaired) electrons. The van der Waals surface area contributed by atoms with Crippen molar-refractivity contribution in [2.45, 2.75) is 0 Å². The predicted octanol–water partition coefficient (Wildman–Crippen LogP) is -2.24. The Balaban J connectivity index is -0.0000000800. The Hall–Kier alpha value is 2.31. The second-order valence-corrected chi connectivity index (χ2v) is 2.47. The van der Waals surface area contributed by atoms with E-state index in [-0.39, 0.29) is 52.0 Å². The van der Waals surface area contributed by atoms with Crippen molar-refractivity contribution in [2.75, 3.05) is 0 Å². The van der Waals surface area contributed by atoms with E-state index in [0.717, 1.165) is 0 Å². The maximum absolute atomic E-state index is 7.38. The molecule has 0 aliphatic carbocycles. The first-order chi connectivity index (χ1) is 2.00. The molecule has 0 amide bonds. The zero-order valence-corrected chi connectivity index (χ0v) is 10.9. The molecule has 4 N–H and O–H groups in total. The molecule has 0 aliphatic rings. The molecule has 0 aliphatic heterocycles. The predicted molar refractivity (Wildman–Crippen MR) is 8.88 cm³/mol. The van der Waals surface area contributed by atoms with Gasteiger partial charge in [-0.25, -0.2) is 0 Å². The summed E-state index contributed by atoms with van der Waals surface area (Å²) < 4.78 is 29.5. The average molecular weight is 386 g/mol. The minimum absolute atomic E-state index is 0. The van der Waals surface area contributed by atoms with Gasteiger partial charge in [0.15, 0.2) is 0 Å². The summed E-state index contributed by atoms with van der Waals surface area (Å²) in [6.07, 6.45) is 0. The van der Waals surface area contributed by atoms with E-state index in [2.05, 4.69) is 0 Å². The summed E-state index contributed by atoms with van der Waals surface area (Å²) in [5.74, 6) is 0. The summed E-state index contributed by atoms with van der Waals surface area (Å²) in [6, 6.07) is 0. The summed E-state index contributed by atoms with van der Waals surface area (Å²) in [5.41, 5.74) is 0. The summed E-state index contributed by atoms with van der Waals surface area (Å²) >= 11 is -5.00. The van der Waals surface area contributed by atoms with E-state index >= 15 is 0 Å². The van der Waals surface area contributed by atoms with Crippen LogP contribution in [0.5, 0.6) is 0 Å². The molecule has 0 saturated carbocycles. The van der Waals surface area contributed by atoms with Crippen molar-refractivity contribution in [3.63, 3.8) is 0 Å². The molecule has 0 spiro atoms. The van der Waals surface area contributed by atoms with Gasteiger partial charge in [-0.2, -0.15) is 0 Å². The van der Waals surface area contributed by atoms with Crippen LogP contribution in [0.2, 0.25) is 0 Å². The zero-order valence-electron chi connectivity index (χ0n) is 3.29. The van der Waals surface area contributed by atoms with E-state index in [4.69, 9.17) is 14.8 Å². The largest absolute Gasteiger partial charge is 0 e. The molecule has 0 bridgehead atoms. The summed E-state index contributed by atoms with van der Waals surface area (Å²) in [5, 5.41) is 0. The van der Waals surface area contributed by atoms with Gasteiger partial charge in [0.1, 0.15) is 0 Å². The van der Waals surface area contributed by atoms with Crippen LogP contribution in [0, 0.1) is 0 Å². The van der Waals surface area contributed by atoms with Crippen molar-refractivity contribution in [3.8, 4) is 0 Å². The molecule has 0 aromatic carbocycles. The van der Waals surface area contributed by atoms with Gasteiger partial charge in [-0.05, 0) is 0 Å². The number of rotatable bonds is 0. The van der Waals surface area contributed by atoms with Gasteiger partial charge >= 0.3 is 32.9 Å². The van der Waals surface area contributed by atoms with Gasteiger partial charge in [-0.15, -0.1) is 0 Å². The molecule has 0 fully saturated rings. The van der Waals surface area contributed by atoms with Crippen LogP contribution in [0.25, 0.3) is 0 Å². The van der Waals surface area contributed by atoms with Gasteiger partial charge in [0, 0.05) is 52.0 Å². The van der Waals surface area contributed by atoms with E-state index in [1.165, 1.54) is 0 Å². The Labute approximate surface area is 83.7 Å². The van der Waals surface area contributed by atoms with E-state index in [9.17, 15) is 0 Å². The second-order valence-electron chi connectivity index (χ2n) is 0.600. The third kappa shape index (κ3) is 62.1. The van der Waals surface area contributed by atoms with E-state index in [1.54, 1.807) is 0 Å². The van der Waals surface area contributed by atoms with E-state index in [1.807, 2.05) is 0 Å². The maximum Gasteiger partial charge on any atom is 0 e. The number of hydrogen-bond donors (Lipinski definition) is 4. The normalized spacial score (nSPS) is 8.57. The first kappa shape index (κ1) is 16.1. The average Bonchev–Trinajstić information content (AvgIpc) is 0.722. The van der Waals surface area contributed by atoms with Gasteiger partial charge in [-0.3, -0.25) is 0 Å². The van der Waals surface area contributed by atoms with Crippen LogP contribution >= 0.6 is 0 Å². The number of hydrogen-bond acceptors (Lipinski definition) is 4. The molecule has 0 atom stereocenters. The third-order valence-electron chi connectivity index (χ3n) is 0. The third-order valence-corrected chi connectivity index (χ3v) is 0. The first-order valence-corrected chi connectivity index (χ1v) is 3.69. The van der Waals surface area contributed by atoms with Crippen molar-refractivity contribution in [1.82, 2.24) is 0 Å². The molecule has 40 valence electrons. The zero-order chi connectivity index (χ0) is 4.50. The second kappa shape index (κ2) is 6.43. The minimum Gasteiger partial charge on any atom is 0 e. The van der Waals surface area contributed by atoms with Gasteiger partial charge in [-0.1, -0.05) is 0 Å². The SMILES string of the molecule is [Hf].[OH][Ti]([OH])([OH])[OH].[Zr]. The molecule has 0 aromatic rings. The first-order valence-electron chi connectivity index (χ1n) is 0.894. The van der Waals surface area contributed by atoms with Crippen molar-refractivity contribution < 1.29 is 84.9 Å². The van der Waals surface area contributed by atoms with Crippen molar-refractivity contribution >= 4 is 0 Å². The molecular weight excluding hydrogens is 382 g/mol. The molecule has 0 rings (SSSR count). The van der Waals surface area contributed by atoms with Crippen molar-refractivity contribution in [2.24, 2.45) is 0 Å². The summed E-state index contributed by atoms with van der Waals surface area (Å²) in [4.78, 5) is 0. The Morgan fingerprint density at radius 2 is 0.857 bits per heavy atom. The fourth-order valence-corrected chi connectivity index (χ4v) is 0. The van der Waals surface area contributed by atoms with Crippen LogP contribution in [0.15, 0.2) is 0 Å². The van der Waals surface area contributed by atoms with Gasteiger partial charge in [0.05, 0.1) is 0 Å². The Morgan fingerprint density at radius 3 is 0.857 bits per heavy atom. The quantitative estimate of drug-likeness (QED) is 0.356. The van der Waals surface area contributed by atoms with Gasteiger partial charge in [0.25, 0.3) is 0 Å². The summed E-state index contributed by atoms with van der Waals surface area (Å²) in [6.45, 7) is 0. The Morgan fingerprint density at radius 1 is 0.857 bits per heavy atom. The summed E-state index contributed by atoms with van der Waals surface area (Å²) in [7, 11) is 0. The van der Waals surface area contributed by atoms with Crippen LogP contribution in [-0.4, -0.2) is 14.8 Å². The molecule has 7 heteroatoms. The van der Waals surface area contributed by atoms with Crippen molar-refractivity contribution in [3.05, 3.63) is 0 Å². The van der Waals surface area contributed by atoms with Crippen LogP contribution in [-0.2, 0) is 70.2 Å². The van der Waals surface area contributed by atoms with E-state index in [0.29, 0.717) is 0 Å². The standard InChI is InChI=1S/Hf.4H2O.Ti.Zr/h;4*1H2;;/q;;;;;+4;/p-4. The Kier molecular flexibility index (Phi) is 14.8. The smallest absolute Gasteiger partial charge is 0 e. The fraction of sp³-hybridized carbons (Fsp3) is 0. The fourth-order valence-electron chi connectivity index (χ4n) is 0. The minimum atomic E-state index is -5.00. The topological polar surface area (TPSA) is 80.9 Å². The molecule has 0 heterocycles. The van der Waals surface area contributed by atoms with Gasteiger partial charge in [0.2, 0.25) is 0 Å².